The molecule has 4 unspecified atom stereocenters. The summed E-state index contributed by atoms with van der Waals surface area (Å²) in [6.07, 6.45) is 9.66. The molecular formula is C28H36FN7O. The van der Waals surface area contributed by atoms with Crippen LogP contribution in [0, 0.1) is 30.5 Å². The van der Waals surface area contributed by atoms with Crippen LogP contribution in [0.4, 0.5) is 27.5 Å². The summed E-state index contributed by atoms with van der Waals surface area (Å²) in [5.41, 5.74) is 3.26. The summed E-state index contributed by atoms with van der Waals surface area (Å²) in [7, 11) is 2.15. The van der Waals surface area contributed by atoms with Crippen LogP contribution in [0.25, 0.3) is 0 Å². The number of hydrogen-bond donors (Lipinski definition) is 3. The van der Waals surface area contributed by atoms with E-state index in [2.05, 4.69) is 74.0 Å². The fraction of sp³-hybridized carbons (Fsp3) is 0.536. The van der Waals surface area contributed by atoms with E-state index in [1.807, 2.05) is 6.07 Å². The zero-order valence-electron chi connectivity index (χ0n) is 21.6. The maximum atomic E-state index is 14.8. The molecule has 4 aliphatic rings. The van der Waals surface area contributed by atoms with Gasteiger partial charge in [-0.05, 0) is 75.3 Å². The first kappa shape index (κ1) is 24.2. The summed E-state index contributed by atoms with van der Waals surface area (Å²) in [4.78, 5) is 26.5. The number of nitrogens with one attached hydrogen (secondary N) is 3. The highest BCUT2D eigenvalue weighted by molar-refractivity contribution is 5.82. The number of carbonyl (C=O) groups is 1. The molecule has 3 N–H and O–H groups in total. The van der Waals surface area contributed by atoms with Crippen LogP contribution in [-0.2, 0) is 4.79 Å². The molecule has 0 spiro atoms. The van der Waals surface area contributed by atoms with Crippen LogP contribution in [0.1, 0.15) is 31.2 Å². The molecule has 196 valence electrons. The molecule has 1 amide bonds. The van der Waals surface area contributed by atoms with Gasteiger partial charge in [-0.25, -0.2) is 9.37 Å². The van der Waals surface area contributed by atoms with Crippen molar-refractivity contribution < 1.29 is 9.18 Å². The third-order valence-corrected chi connectivity index (χ3v) is 8.56. The van der Waals surface area contributed by atoms with Crippen molar-refractivity contribution in [2.45, 2.75) is 44.7 Å². The summed E-state index contributed by atoms with van der Waals surface area (Å²) in [6, 6.07) is 6.32. The fourth-order valence-corrected chi connectivity index (χ4v) is 6.18. The van der Waals surface area contributed by atoms with Crippen LogP contribution in [-0.4, -0.2) is 66.1 Å². The minimum atomic E-state index is -0.517. The molecule has 1 aromatic heterocycles. The Morgan fingerprint density at radius 3 is 2.62 bits per heavy atom. The summed E-state index contributed by atoms with van der Waals surface area (Å²) in [6.45, 7) is 6.24. The average molecular weight is 506 g/mol. The van der Waals surface area contributed by atoms with Gasteiger partial charge in [0.25, 0.3) is 0 Å². The van der Waals surface area contributed by atoms with Gasteiger partial charge >= 0.3 is 0 Å². The van der Waals surface area contributed by atoms with Gasteiger partial charge in [-0.3, -0.25) is 4.79 Å². The number of rotatable bonds is 7. The number of carbonyl (C=O) groups excluding carboxylic acids is 1. The molecule has 37 heavy (non-hydrogen) atoms. The first-order valence-electron chi connectivity index (χ1n) is 13.5. The monoisotopic (exact) mass is 505 g/mol. The van der Waals surface area contributed by atoms with Crippen molar-refractivity contribution in [3.05, 3.63) is 47.9 Å². The van der Waals surface area contributed by atoms with E-state index < -0.39 is 5.82 Å². The Labute approximate surface area is 217 Å². The molecule has 8 nitrogen and oxygen atoms in total. The Morgan fingerprint density at radius 2 is 1.89 bits per heavy atom. The number of hydrogen-bond acceptors (Lipinski definition) is 7. The Hall–Kier alpha value is -3.20. The smallest absolute Gasteiger partial charge is 0.229 e. The number of halogens is 1. The van der Waals surface area contributed by atoms with Crippen molar-refractivity contribution in [1.29, 1.82) is 0 Å². The number of aromatic nitrogens is 2. The minimum Gasteiger partial charge on any atom is -0.369 e. The van der Waals surface area contributed by atoms with Crippen molar-refractivity contribution in [1.82, 2.24) is 20.2 Å². The van der Waals surface area contributed by atoms with E-state index in [1.54, 1.807) is 0 Å². The minimum absolute atomic E-state index is 0.0720. The van der Waals surface area contributed by atoms with E-state index in [0.29, 0.717) is 5.95 Å². The van der Waals surface area contributed by atoms with Crippen LogP contribution < -0.4 is 20.9 Å². The lowest BCUT2D eigenvalue weighted by molar-refractivity contribution is -0.127. The standard InChI is InChI=1S/C28H36FN7O/c1-17-14-21(8-9-23(17)36-12-10-35(2)11-13-36)32-28-30-16-22(29)26(34-28)33-25-19-7-6-18(15-19)24(25)27(37)31-20-4-3-5-20/h6-9,14,16,18-20,24-25H,3-5,10-13,15H2,1-2H3,(H,31,37)(H2,30,32,33,34). The van der Waals surface area contributed by atoms with E-state index in [1.165, 1.54) is 23.9 Å². The molecule has 4 atom stereocenters. The topological polar surface area (TPSA) is 85.4 Å². The molecule has 1 aromatic carbocycles. The second kappa shape index (κ2) is 9.93. The number of amides is 1. The normalized spacial score (nSPS) is 27.3. The van der Waals surface area contributed by atoms with Gasteiger partial charge < -0.3 is 25.8 Å². The number of fused-ring (bicyclic) bond motifs is 2. The molecule has 9 heteroatoms. The second-order valence-electron chi connectivity index (χ2n) is 11.1. The summed E-state index contributed by atoms with van der Waals surface area (Å²) < 4.78 is 14.8. The molecule has 2 saturated carbocycles. The molecule has 6 rings (SSSR count). The maximum Gasteiger partial charge on any atom is 0.229 e. The molecule has 1 aliphatic heterocycles. The van der Waals surface area contributed by atoms with E-state index in [0.717, 1.165) is 51.1 Å². The highest BCUT2D eigenvalue weighted by Crippen LogP contribution is 2.45. The SMILES string of the molecule is Cc1cc(Nc2ncc(F)c(NC3C4C=CC(C4)C3C(=O)NC3CCC3)n2)ccc1N1CCN(C)CC1. The highest BCUT2D eigenvalue weighted by Gasteiger charge is 2.49. The van der Waals surface area contributed by atoms with Crippen molar-refractivity contribution >= 4 is 29.0 Å². The number of piperazine rings is 1. The number of allylic oxidation sites excluding steroid dienone is 1. The van der Waals surface area contributed by atoms with E-state index >= 15 is 0 Å². The molecule has 3 fully saturated rings. The summed E-state index contributed by atoms with van der Waals surface area (Å²) in [5, 5.41) is 9.72. The third-order valence-electron chi connectivity index (χ3n) is 8.56. The molecule has 3 aliphatic carbocycles. The number of likely N-dealkylation sites (N-methyl/N-ethyl adjacent to an activating group) is 1. The van der Waals surface area contributed by atoms with Gasteiger partial charge in [0.05, 0.1) is 12.1 Å². The predicted molar refractivity (Wildman–Crippen MR) is 144 cm³/mol. The summed E-state index contributed by atoms with van der Waals surface area (Å²) >= 11 is 0. The first-order chi connectivity index (χ1) is 17.9. The van der Waals surface area contributed by atoms with Crippen molar-refractivity contribution in [2.24, 2.45) is 17.8 Å². The molecular weight excluding hydrogens is 469 g/mol. The van der Waals surface area contributed by atoms with Crippen molar-refractivity contribution in [3.63, 3.8) is 0 Å². The van der Waals surface area contributed by atoms with Gasteiger partial charge in [-0.1, -0.05) is 12.2 Å². The lowest BCUT2D eigenvalue weighted by atomic mass is 9.86. The van der Waals surface area contributed by atoms with Gasteiger partial charge in [0.2, 0.25) is 11.9 Å². The van der Waals surface area contributed by atoms with Crippen molar-refractivity contribution in [2.75, 3.05) is 48.8 Å². The zero-order valence-corrected chi connectivity index (χ0v) is 21.6. The largest absolute Gasteiger partial charge is 0.369 e. The van der Waals surface area contributed by atoms with E-state index in [9.17, 15) is 9.18 Å². The Morgan fingerprint density at radius 1 is 1.11 bits per heavy atom. The fourth-order valence-electron chi connectivity index (χ4n) is 6.18. The second-order valence-corrected chi connectivity index (χ2v) is 11.1. The van der Waals surface area contributed by atoms with Gasteiger partial charge in [0.1, 0.15) is 0 Å². The zero-order chi connectivity index (χ0) is 25.5. The Balaban J connectivity index is 1.16. The average Bonchev–Trinajstić information content (AvgIpc) is 3.46. The lowest BCUT2D eigenvalue weighted by Gasteiger charge is -2.35. The predicted octanol–water partition coefficient (Wildman–Crippen LogP) is 3.69. The van der Waals surface area contributed by atoms with Crippen LogP contribution >= 0.6 is 0 Å². The molecule has 2 bridgehead atoms. The molecule has 0 radical (unpaired) electrons. The first-order valence-corrected chi connectivity index (χ1v) is 13.5. The Bertz CT molecular complexity index is 1190. The van der Waals surface area contributed by atoms with Crippen LogP contribution in [0.2, 0.25) is 0 Å². The van der Waals surface area contributed by atoms with Gasteiger partial charge in [-0.15, -0.1) is 0 Å². The molecule has 1 saturated heterocycles. The number of aryl methyl sites for hydroxylation is 1. The maximum absolute atomic E-state index is 14.8. The Kier molecular flexibility index (Phi) is 6.48. The molecule has 2 heterocycles. The van der Waals surface area contributed by atoms with E-state index in [4.69, 9.17) is 0 Å². The van der Waals surface area contributed by atoms with Gasteiger partial charge in [-0.2, -0.15) is 4.98 Å². The van der Waals surface area contributed by atoms with Gasteiger partial charge in [0, 0.05) is 49.6 Å². The van der Waals surface area contributed by atoms with Crippen LogP contribution in [0.5, 0.6) is 0 Å². The van der Waals surface area contributed by atoms with Gasteiger partial charge in [0.15, 0.2) is 11.6 Å². The number of nitrogens with zero attached hydrogens (tertiary/aromatic N) is 4. The van der Waals surface area contributed by atoms with Crippen LogP contribution in [0.15, 0.2) is 36.5 Å². The number of anilines is 4. The highest BCUT2D eigenvalue weighted by atomic mass is 19.1. The third kappa shape index (κ3) is 4.89. The number of benzene rings is 1. The molecule has 2 aromatic rings. The summed E-state index contributed by atoms with van der Waals surface area (Å²) in [5.74, 6) is 0.177. The van der Waals surface area contributed by atoms with Crippen LogP contribution in [0.3, 0.4) is 0 Å². The quantitative estimate of drug-likeness (QED) is 0.495. The van der Waals surface area contributed by atoms with E-state index in [-0.39, 0.29) is 41.6 Å². The lowest BCUT2D eigenvalue weighted by Crippen LogP contribution is -2.48. The van der Waals surface area contributed by atoms with Crippen molar-refractivity contribution in [3.8, 4) is 0 Å².